The second kappa shape index (κ2) is 18.4. The van der Waals surface area contributed by atoms with E-state index in [-0.39, 0.29) is 42.1 Å². The van der Waals surface area contributed by atoms with E-state index in [1.54, 1.807) is 18.3 Å². The van der Waals surface area contributed by atoms with Crippen molar-refractivity contribution in [3.05, 3.63) is 101 Å². The van der Waals surface area contributed by atoms with E-state index in [2.05, 4.69) is 48.7 Å². The number of allylic oxidation sites excluding steroid dienone is 1. The molecule has 2 aromatic carbocycles. The smallest absolute Gasteiger partial charge is 0.177 e. The largest absolute Gasteiger partial charge is 0.504 e. The zero-order chi connectivity index (χ0) is 39.9. The van der Waals surface area contributed by atoms with Crippen LogP contribution in [0.3, 0.4) is 0 Å². The Labute approximate surface area is 331 Å². The van der Waals surface area contributed by atoms with Gasteiger partial charge < -0.3 is 25.8 Å². The summed E-state index contributed by atoms with van der Waals surface area (Å²) in [5.74, 6) is 6.30. The fourth-order valence-corrected chi connectivity index (χ4v) is 9.08. The number of ketones is 2. The maximum atomic E-state index is 14.6. The third kappa shape index (κ3) is 9.54. The summed E-state index contributed by atoms with van der Waals surface area (Å²) in [5, 5.41) is 34.5. The number of nitrogen functional groups attached to an aromatic ring is 1. The highest BCUT2D eigenvalue weighted by Gasteiger charge is 2.44. The number of Topliss-reactive ketones (excluding diaryl/α,β-unsaturated/α-hetero) is 2. The predicted molar refractivity (Wildman–Crippen MR) is 219 cm³/mol. The van der Waals surface area contributed by atoms with Crippen molar-refractivity contribution in [1.82, 2.24) is 4.98 Å². The molecule has 1 aliphatic heterocycles. The first kappa shape index (κ1) is 40.7. The standard InChI is InChI=1S/C47H55N3O6/c1-5-9-38(42(52)25-36-22-35(27-50-36)28(2)3)34-20-30(18-29-16-17-49-45(48)21-29)19-32-12-14-37(31-10-7-6-8-11-31)39-26-43(53)44(56-4)24-33(39)13-15-41(51)47(55)46(54)40(32)23-34/h6-8,10-11,16-17,21-22,24,26-28,30,32,34,37-38,40,42,47,52,55H,5,9,13,15,18-20,23,25H2,1-4H3,(H2-,48,49,53)/p+1/t30-,32+,34+,37+,38-,40-,42+,47-/m0/s1. The summed E-state index contributed by atoms with van der Waals surface area (Å²) >= 11 is 0. The van der Waals surface area contributed by atoms with Gasteiger partial charge in [-0.25, -0.2) is 4.98 Å². The number of phenols is 1. The van der Waals surface area contributed by atoms with Crippen molar-refractivity contribution in [2.75, 3.05) is 12.8 Å². The quantitative estimate of drug-likeness (QED) is 0.0909. The molecule has 5 N–H and O–H groups in total. The van der Waals surface area contributed by atoms with Gasteiger partial charge in [-0.05, 0) is 117 Å². The summed E-state index contributed by atoms with van der Waals surface area (Å²) in [4.78, 5) is 37.2. The number of carbonyl (C=O) groups excluding carboxylic acids is 2. The van der Waals surface area contributed by atoms with Gasteiger partial charge in [0.05, 0.1) is 25.6 Å². The molecule has 1 saturated carbocycles. The number of fused-ring (bicyclic) bond motifs is 2. The van der Waals surface area contributed by atoms with E-state index in [1.165, 1.54) is 7.11 Å². The number of aliphatic hydroxyl groups excluding tert-OH is 2. The first-order valence-electron chi connectivity index (χ1n) is 20.2. The Morgan fingerprint density at radius 1 is 1.04 bits per heavy atom. The van der Waals surface area contributed by atoms with Crippen LogP contribution in [0.2, 0.25) is 0 Å². The molecule has 56 heavy (non-hydrogen) atoms. The third-order valence-corrected chi connectivity index (χ3v) is 12.0. The second-order valence-corrected chi connectivity index (χ2v) is 16.2. The molecule has 0 unspecified atom stereocenters. The van der Waals surface area contributed by atoms with Crippen LogP contribution in [-0.4, -0.2) is 57.4 Å². The Balaban J connectivity index is 1.46. The number of aliphatic imine (C=N–C) groups is 1. The number of aromatic nitrogens is 1. The van der Waals surface area contributed by atoms with Crippen LogP contribution in [0.15, 0.2) is 77.6 Å². The number of carbonyl (C=O) groups is 2. The molecule has 1 fully saturated rings. The lowest BCUT2D eigenvalue weighted by atomic mass is 9.73. The number of nitrogens with two attached hydrogens (primary N) is 1. The molecule has 3 aromatic rings. The summed E-state index contributed by atoms with van der Waals surface area (Å²) in [5.41, 5.74) is 10.4. The lowest BCUT2D eigenvalue weighted by molar-refractivity contribution is -0.142. The normalized spacial score (nSPS) is 25.1. The predicted octanol–water partition coefficient (Wildman–Crippen LogP) is 7.22. The van der Waals surface area contributed by atoms with E-state index in [1.807, 2.05) is 48.7 Å². The highest BCUT2D eigenvalue weighted by atomic mass is 16.5. The molecule has 2 aliphatic carbocycles. The van der Waals surface area contributed by atoms with Crippen molar-refractivity contribution in [2.24, 2.45) is 40.5 Å². The Hall–Kier alpha value is -4.91. The fraction of sp³-hybridized carbons (Fsp3) is 0.468. The van der Waals surface area contributed by atoms with Gasteiger partial charge in [0.25, 0.3) is 0 Å². The Morgan fingerprint density at radius 2 is 1.82 bits per heavy atom. The molecule has 0 spiro atoms. The number of methoxy groups -OCH3 is 1. The zero-order valence-electron chi connectivity index (χ0n) is 33.0. The van der Waals surface area contributed by atoms with Crippen molar-refractivity contribution >= 4 is 23.6 Å². The number of aryl methyl sites for hydroxylation is 1. The minimum Gasteiger partial charge on any atom is -0.504 e. The summed E-state index contributed by atoms with van der Waals surface area (Å²) in [7, 11) is 1.47. The summed E-state index contributed by atoms with van der Waals surface area (Å²) in [6, 6.07) is 17.1. The van der Waals surface area contributed by atoms with Crippen LogP contribution in [0.1, 0.15) is 93.9 Å². The van der Waals surface area contributed by atoms with Crippen molar-refractivity contribution in [2.45, 2.75) is 96.7 Å². The van der Waals surface area contributed by atoms with Crippen LogP contribution in [0.4, 0.5) is 5.82 Å². The van der Waals surface area contributed by atoms with Crippen molar-refractivity contribution < 1.29 is 29.6 Å². The van der Waals surface area contributed by atoms with Crippen LogP contribution >= 0.6 is 0 Å². The number of hydrogen-bond acceptors (Lipinski definition) is 9. The van der Waals surface area contributed by atoms with Crippen molar-refractivity contribution in [3.63, 3.8) is 0 Å². The molecule has 294 valence electrons. The molecule has 3 aliphatic rings. The van der Waals surface area contributed by atoms with Crippen LogP contribution in [0, 0.1) is 53.3 Å². The average Bonchev–Trinajstić information content (AvgIpc) is 3.58. The van der Waals surface area contributed by atoms with Crippen LogP contribution < -0.4 is 10.5 Å². The van der Waals surface area contributed by atoms with Gasteiger partial charge in [0.1, 0.15) is 24.0 Å². The van der Waals surface area contributed by atoms with Gasteiger partial charge in [-0.1, -0.05) is 55.5 Å². The van der Waals surface area contributed by atoms with E-state index in [4.69, 9.17) is 10.5 Å². The van der Waals surface area contributed by atoms with Gasteiger partial charge in [0.15, 0.2) is 34.9 Å². The SMILES string of the molecule is CCC[C@@H]([C@@H]1C[C@@H](Cc2ccnc(N)c2)C[C@H]2C#C[C@H](c3ccccc3)c3cc(O)c(OC)cc3CCC(=O)[C@H](O)C(=O)[C@H]2C1)[C@H](O)CC1=C[C+](C(C)C)C=N1. The molecule has 6 rings (SSSR count). The molecule has 9 heteroatoms. The molecular weight excluding hydrogens is 703 g/mol. The van der Waals surface area contributed by atoms with Gasteiger partial charge in [-0.2, -0.15) is 0 Å². The first-order chi connectivity index (χ1) is 26.9. The van der Waals surface area contributed by atoms with E-state index < -0.39 is 41.5 Å². The molecule has 0 radical (unpaired) electrons. The van der Waals surface area contributed by atoms with E-state index >= 15 is 0 Å². The van der Waals surface area contributed by atoms with Crippen LogP contribution in [-0.2, 0) is 22.4 Å². The van der Waals surface area contributed by atoms with E-state index in [0.717, 1.165) is 53.1 Å². The first-order valence-corrected chi connectivity index (χ1v) is 20.2. The topological polar surface area (TPSA) is 155 Å². The number of nitrogens with zero attached hydrogens (tertiary/aromatic N) is 2. The van der Waals surface area contributed by atoms with Gasteiger partial charge in [0.2, 0.25) is 0 Å². The Kier molecular flexibility index (Phi) is 13.4. The summed E-state index contributed by atoms with van der Waals surface area (Å²) in [6.07, 6.45) is 7.62. The third-order valence-electron chi connectivity index (χ3n) is 12.0. The Morgan fingerprint density at radius 3 is 2.52 bits per heavy atom. The molecule has 2 heterocycles. The second-order valence-electron chi connectivity index (χ2n) is 16.2. The zero-order valence-corrected chi connectivity index (χ0v) is 33.0. The monoisotopic (exact) mass is 758 g/mol. The van der Waals surface area contributed by atoms with Crippen molar-refractivity contribution in [1.29, 1.82) is 0 Å². The number of anilines is 1. The molecule has 0 amide bonds. The minimum absolute atomic E-state index is 0.0348. The van der Waals surface area contributed by atoms with E-state index in [9.17, 15) is 24.9 Å². The fourth-order valence-electron chi connectivity index (χ4n) is 9.08. The molecule has 0 bridgehead atoms. The molecule has 8 atom stereocenters. The van der Waals surface area contributed by atoms with Gasteiger partial charge in [-0.15, -0.1) is 4.99 Å². The Bertz CT molecular complexity index is 1980. The number of rotatable bonds is 11. The van der Waals surface area contributed by atoms with Gasteiger partial charge in [-0.3, -0.25) is 9.59 Å². The molecule has 1 aromatic heterocycles. The number of aliphatic hydroxyl groups is 2. The number of benzene rings is 2. The summed E-state index contributed by atoms with van der Waals surface area (Å²) < 4.78 is 5.44. The lowest BCUT2D eigenvalue weighted by Gasteiger charge is -2.33. The minimum atomic E-state index is -1.80. The average molecular weight is 759 g/mol. The van der Waals surface area contributed by atoms with E-state index in [0.29, 0.717) is 37.4 Å². The maximum Gasteiger partial charge on any atom is 0.177 e. The number of pyridine rings is 1. The van der Waals surface area contributed by atoms with Gasteiger partial charge >= 0.3 is 0 Å². The highest BCUT2D eigenvalue weighted by Crippen LogP contribution is 2.45. The maximum absolute atomic E-state index is 14.6. The number of aromatic hydroxyl groups is 1. The van der Waals surface area contributed by atoms with Crippen LogP contribution in [0.25, 0.3) is 0 Å². The summed E-state index contributed by atoms with van der Waals surface area (Å²) in [6.45, 7) is 6.36. The van der Waals surface area contributed by atoms with Gasteiger partial charge in [0, 0.05) is 30.4 Å². The molecule has 9 nitrogen and oxygen atoms in total. The number of ether oxygens (including phenoxy) is 1. The molecular formula is C47H56N3O6+. The number of hydrogen-bond donors (Lipinski definition) is 4. The van der Waals surface area contributed by atoms with Crippen molar-refractivity contribution in [3.8, 4) is 23.3 Å². The highest BCUT2D eigenvalue weighted by molar-refractivity contribution is 6.06. The van der Waals surface area contributed by atoms with Crippen LogP contribution in [0.5, 0.6) is 11.5 Å². The molecule has 0 saturated heterocycles. The lowest BCUT2D eigenvalue weighted by Crippen LogP contribution is -2.39. The number of phenolic OH excluding ortho intramolecular Hbond substituents is 1.